The maximum absolute atomic E-state index is 13.2. The van der Waals surface area contributed by atoms with Crippen molar-refractivity contribution in [3.8, 4) is 0 Å². The van der Waals surface area contributed by atoms with Gasteiger partial charge < -0.3 is 20.1 Å². The first-order chi connectivity index (χ1) is 16.3. The number of hydrogen-bond donors (Lipinski definition) is 2. The topological polar surface area (TPSA) is 93.7 Å². The summed E-state index contributed by atoms with van der Waals surface area (Å²) in [6.45, 7) is 7.86. The molecular weight excluding hydrogens is 432 g/mol. The fourth-order valence-electron chi connectivity index (χ4n) is 3.32. The molecule has 0 radical (unpaired) electrons. The van der Waals surface area contributed by atoms with E-state index in [0.29, 0.717) is 12.8 Å². The van der Waals surface area contributed by atoms with Gasteiger partial charge in [-0.05, 0) is 23.0 Å². The van der Waals surface area contributed by atoms with E-state index >= 15 is 0 Å². The molecule has 0 spiro atoms. The SMILES string of the molecule is CCC(C)C(NC(=O)OCc1ccccc1)C(=O)NC(C(=O)OCc1ccccc1)C(C)CC. The molecule has 0 fully saturated rings. The highest BCUT2D eigenvalue weighted by Gasteiger charge is 2.33. The van der Waals surface area contributed by atoms with Crippen LogP contribution in [0.5, 0.6) is 0 Å². The number of esters is 1. The van der Waals surface area contributed by atoms with Crippen molar-refractivity contribution in [2.24, 2.45) is 11.8 Å². The van der Waals surface area contributed by atoms with Crippen LogP contribution < -0.4 is 10.6 Å². The molecule has 4 atom stereocenters. The lowest BCUT2D eigenvalue weighted by Gasteiger charge is -2.28. The fourth-order valence-corrected chi connectivity index (χ4v) is 3.32. The Morgan fingerprint density at radius 2 is 1.18 bits per heavy atom. The van der Waals surface area contributed by atoms with Crippen molar-refractivity contribution in [2.75, 3.05) is 0 Å². The lowest BCUT2D eigenvalue weighted by atomic mass is 9.95. The maximum atomic E-state index is 13.2. The normalized spacial score (nSPS) is 14.2. The highest BCUT2D eigenvalue weighted by molar-refractivity contribution is 5.90. The van der Waals surface area contributed by atoms with E-state index in [2.05, 4.69) is 10.6 Å². The molecule has 2 amide bonds. The molecule has 0 aromatic heterocycles. The first-order valence-electron chi connectivity index (χ1n) is 11.8. The molecule has 0 aliphatic carbocycles. The zero-order chi connectivity index (χ0) is 24.9. The molecule has 7 heteroatoms. The van der Waals surface area contributed by atoms with Crippen molar-refractivity contribution in [1.82, 2.24) is 10.6 Å². The molecule has 34 heavy (non-hydrogen) atoms. The van der Waals surface area contributed by atoms with Crippen LogP contribution in [-0.2, 0) is 32.3 Å². The van der Waals surface area contributed by atoms with Crippen LogP contribution in [0.25, 0.3) is 0 Å². The van der Waals surface area contributed by atoms with Gasteiger partial charge in [-0.15, -0.1) is 0 Å². The second kappa shape index (κ2) is 14.0. The van der Waals surface area contributed by atoms with Gasteiger partial charge in [-0.3, -0.25) is 4.79 Å². The molecule has 2 N–H and O–H groups in total. The van der Waals surface area contributed by atoms with Crippen molar-refractivity contribution in [3.05, 3.63) is 71.8 Å². The number of nitrogens with one attached hydrogen (secondary N) is 2. The summed E-state index contributed by atoms with van der Waals surface area (Å²) in [5.74, 6) is -1.24. The van der Waals surface area contributed by atoms with Crippen LogP contribution in [-0.4, -0.2) is 30.1 Å². The summed E-state index contributed by atoms with van der Waals surface area (Å²) < 4.78 is 10.8. The van der Waals surface area contributed by atoms with Gasteiger partial charge in [-0.2, -0.15) is 0 Å². The minimum Gasteiger partial charge on any atom is -0.459 e. The molecule has 184 valence electrons. The molecule has 0 saturated heterocycles. The Labute approximate surface area is 202 Å². The molecular formula is C27H36N2O5. The van der Waals surface area contributed by atoms with Crippen LogP contribution in [0.3, 0.4) is 0 Å². The van der Waals surface area contributed by atoms with Gasteiger partial charge >= 0.3 is 12.1 Å². The summed E-state index contributed by atoms with van der Waals surface area (Å²) in [6.07, 6.45) is 0.645. The molecule has 2 rings (SSSR count). The summed E-state index contributed by atoms with van der Waals surface area (Å²) in [5.41, 5.74) is 1.71. The lowest BCUT2D eigenvalue weighted by molar-refractivity contribution is -0.151. The number of ether oxygens (including phenoxy) is 2. The number of carbonyl (C=O) groups excluding carboxylic acids is 3. The van der Waals surface area contributed by atoms with E-state index in [9.17, 15) is 14.4 Å². The highest BCUT2D eigenvalue weighted by atomic mass is 16.5. The van der Waals surface area contributed by atoms with Crippen molar-refractivity contribution < 1.29 is 23.9 Å². The van der Waals surface area contributed by atoms with Crippen LogP contribution in [0.4, 0.5) is 4.79 Å². The third kappa shape index (κ3) is 8.54. The minimum absolute atomic E-state index is 0.100. The van der Waals surface area contributed by atoms with Gasteiger partial charge in [0.2, 0.25) is 5.91 Å². The summed E-state index contributed by atoms with van der Waals surface area (Å²) in [5, 5.41) is 5.49. The Bertz CT molecular complexity index is 904. The molecule has 0 saturated carbocycles. The predicted octanol–water partition coefficient (Wildman–Crippen LogP) is 4.60. The number of hydrogen-bond acceptors (Lipinski definition) is 5. The van der Waals surface area contributed by atoms with Gasteiger partial charge in [0, 0.05) is 0 Å². The smallest absolute Gasteiger partial charge is 0.408 e. The zero-order valence-corrected chi connectivity index (χ0v) is 20.5. The summed E-state index contributed by atoms with van der Waals surface area (Å²) in [7, 11) is 0. The Hall–Kier alpha value is -3.35. The molecule has 0 aliphatic rings. The average Bonchev–Trinajstić information content (AvgIpc) is 2.87. The van der Waals surface area contributed by atoms with Gasteiger partial charge in [0.05, 0.1) is 0 Å². The standard InChI is InChI=1S/C27H36N2O5/c1-5-19(3)23(29-27(32)34-18-22-15-11-8-12-16-22)25(30)28-24(20(4)6-2)26(31)33-17-21-13-9-7-10-14-21/h7-16,19-20,23-24H,5-6,17-18H2,1-4H3,(H,28,30)(H,29,32). The van der Waals surface area contributed by atoms with Crippen LogP contribution >= 0.6 is 0 Å². The van der Waals surface area contributed by atoms with E-state index < -0.39 is 30.1 Å². The Kier molecular flexibility index (Phi) is 11.1. The largest absolute Gasteiger partial charge is 0.459 e. The van der Waals surface area contributed by atoms with Crippen LogP contribution in [0.15, 0.2) is 60.7 Å². The van der Waals surface area contributed by atoms with Crippen molar-refractivity contribution >= 4 is 18.0 Å². The Morgan fingerprint density at radius 3 is 1.68 bits per heavy atom. The lowest BCUT2D eigenvalue weighted by Crippen LogP contribution is -2.55. The predicted molar refractivity (Wildman–Crippen MR) is 131 cm³/mol. The number of alkyl carbamates (subject to hydrolysis) is 1. The Balaban J connectivity index is 2.02. The van der Waals surface area contributed by atoms with E-state index in [-0.39, 0.29) is 25.0 Å². The molecule has 0 aliphatic heterocycles. The molecule has 0 bridgehead atoms. The van der Waals surface area contributed by atoms with Gasteiger partial charge in [0.15, 0.2) is 0 Å². The second-order valence-electron chi connectivity index (χ2n) is 8.53. The number of rotatable bonds is 12. The van der Waals surface area contributed by atoms with Crippen LogP contribution in [0.2, 0.25) is 0 Å². The maximum Gasteiger partial charge on any atom is 0.408 e. The molecule has 7 nitrogen and oxygen atoms in total. The van der Waals surface area contributed by atoms with Gasteiger partial charge in [-0.1, -0.05) is 101 Å². The number of carbonyl (C=O) groups is 3. The van der Waals surface area contributed by atoms with Crippen molar-refractivity contribution in [1.29, 1.82) is 0 Å². The molecule has 2 aromatic carbocycles. The van der Waals surface area contributed by atoms with Crippen molar-refractivity contribution in [2.45, 2.75) is 65.8 Å². The van der Waals surface area contributed by atoms with Crippen LogP contribution in [0.1, 0.15) is 51.7 Å². The molecule has 4 unspecified atom stereocenters. The third-order valence-corrected chi connectivity index (χ3v) is 5.97. The van der Waals surface area contributed by atoms with Crippen molar-refractivity contribution in [3.63, 3.8) is 0 Å². The highest BCUT2D eigenvalue weighted by Crippen LogP contribution is 2.14. The fraction of sp³-hybridized carbons (Fsp3) is 0.444. The first-order valence-corrected chi connectivity index (χ1v) is 11.8. The van der Waals surface area contributed by atoms with E-state index in [0.717, 1.165) is 11.1 Å². The van der Waals surface area contributed by atoms with Gasteiger partial charge in [0.25, 0.3) is 0 Å². The summed E-state index contributed by atoms with van der Waals surface area (Å²) in [4.78, 5) is 38.4. The number of benzene rings is 2. The van der Waals surface area contributed by atoms with E-state index in [4.69, 9.17) is 9.47 Å². The summed E-state index contributed by atoms with van der Waals surface area (Å²) >= 11 is 0. The van der Waals surface area contributed by atoms with Crippen LogP contribution in [0, 0.1) is 11.8 Å². The average molecular weight is 469 g/mol. The quantitative estimate of drug-likeness (QED) is 0.444. The van der Waals surface area contributed by atoms with Gasteiger partial charge in [0.1, 0.15) is 25.3 Å². The zero-order valence-electron chi connectivity index (χ0n) is 20.5. The number of amides is 2. The first kappa shape index (κ1) is 26.9. The third-order valence-electron chi connectivity index (χ3n) is 5.97. The Morgan fingerprint density at radius 1 is 0.706 bits per heavy atom. The minimum atomic E-state index is -0.846. The van der Waals surface area contributed by atoms with E-state index in [1.165, 1.54) is 0 Å². The second-order valence-corrected chi connectivity index (χ2v) is 8.53. The van der Waals surface area contributed by atoms with Gasteiger partial charge in [-0.25, -0.2) is 9.59 Å². The van der Waals surface area contributed by atoms with E-state index in [1.54, 1.807) is 0 Å². The molecule has 2 aromatic rings. The molecule has 0 heterocycles. The monoisotopic (exact) mass is 468 g/mol. The summed E-state index contributed by atoms with van der Waals surface area (Å²) in [6, 6.07) is 17.0. The van der Waals surface area contributed by atoms with E-state index in [1.807, 2.05) is 88.4 Å².